The fourth-order valence-corrected chi connectivity index (χ4v) is 2.07. The maximum Gasteiger partial charge on any atom is 0.142 e. The van der Waals surface area contributed by atoms with Gasteiger partial charge in [0.2, 0.25) is 0 Å². The minimum atomic E-state index is 0.213. The Labute approximate surface area is 103 Å². The molecule has 0 amide bonds. The molecule has 1 aromatic rings. The zero-order valence-electron chi connectivity index (χ0n) is 10.4. The first kappa shape index (κ1) is 12.0. The summed E-state index contributed by atoms with van der Waals surface area (Å²) in [6, 6.07) is 8.08. The average molecular weight is 232 g/mol. The summed E-state index contributed by atoms with van der Waals surface area (Å²) < 4.78 is 5.97. The molecule has 0 spiro atoms. The number of rotatable bonds is 5. The summed E-state index contributed by atoms with van der Waals surface area (Å²) >= 11 is 0. The van der Waals surface area contributed by atoms with Crippen LogP contribution in [0.4, 0.5) is 5.69 Å². The highest BCUT2D eigenvalue weighted by molar-refractivity contribution is 5.57. The maximum atomic E-state index is 5.97. The van der Waals surface area contributed by atoms with E-state index in [-0.39, 0.29) is 6.10 Å². The lowest BCUT2D eigenvalue weighted by molar-refractivity contribution is 0.146. The molecule has 3 nitrogen and oxygen atoms in total. The first-order chi connectivity index (χ1) is 8.33. The third kappa shape index (κ3) is 3.01. The van der Waals surface area contributed by atoms with Gasteiger partial charge in [0.15, 0.2) is 0 Å². The van der Waals surface area contributed by atoms with Crippen molar-refractivity contribution in [3.05, 3.63) is 36.9 Å². The van der Waals surface area contributed by atoms with Gasteiger partial charge in [0.05, 0.1) is 12.2 Å². The van der Waals surface area contributed by atoms with Crippen molar-refractivity contribution in [2.24, 2.45) is 0 Å². The molecule has 3 heteroatoms. The van der Waals surface area contributed by atoms with Gasteiger partial charge in [-0.2, -0.15) is 0 Å². The van der Waals surface area contributed by atoms with Crippen molar-refractivity contribution in [3.63, 3.8) is 0 Å². The van der Waals surface area contributed by atoms with E-state index < -0.39 is 0 Å². The summed E-state index contributed by atoms with van der Waals surface area (Å²) in [4.78, 5) is 2.33. The molecule has 1 atom stereocenters. The first-order valence-electron chi connectivity index (χ1n) is 6.16. The third-order valence-corrected chi connectivity index (χ3v) is 3.00. The Hall–Kier alpha value is -1.48. The molecule has 92 valence electrons. The molecule has 1 heterocycles. The van der Waals surface area contributed by atoms with Gasteiger partial charge in [-0.25, -0.2) is 0 Å². The lowest BCUT2D eigenvalue weighted by atomic mass is 10.2. The fraction of sp³-hybridized carbons (Fsp3) is 0.429. The summed E-state index contributed by atoms with van der Waals surface area (Å²) in [6.45, 7) is 9.68. The topological polar surface area (TPSA) is 24.5 Å². The van der Waals surface area contributed by atoms with Crippen molar-refractivity contribution < 1.29 is 4.74 Å². The van der Waals surface area contributed by atoms with Gasteiger partial charge in [-0.15, -0.1) is 6.58 Å². The summed E-state index contributed by atoms with van der Waals surface area (Å²) in [5.41, 5.74) is 1.09. The molecule has 1 aliphatic heterocycles. The molecule has 1 aromatic carbocycles. The molecule has 2 rings (SSSR count). The normalized spacial score (nSPS) is 18.1. The van der Waals surface area contributed by atoms with Gasteiger partial charge >= 0.3 is 0 Å². The molecule has 0 aromatic heterocycles. The number of hydrogen-bond donors (Lipinski definition) is 1. The smallest absolute Gasteiger partial charge is 0.142 e. The Morgan fingerprint density at radius 3 is 3.12 bits per heavy atom. The van der Waals surface area contributed by atoms with Crippen LogP contribution in [0.2, 0.25) is 0 Å². The molecular formula is C14H20N2O. The van der Waals surface area contributed by atoms with E-state index >= 15 is 0 Å². The molecule has 0 bridgehead atoms. The summed E-state index contributed by atoms with van der Waals surface area (Å²) in [5, 5.41) is 3.41. The first-order valence-corrected chi connectivity index (χ1v) is 6.16. The van der Waals surface area contributed by atoms with E-state index in [1.165, 1.54) is 0 Å². The number of likely N-dealkylation sites (N-methyl/N-ethyl adjacent to an activating group) is 1. The highest BCUT2D eigenvalue weighted by Crippen LogP contribution is 2.28. The fourth-order valence-electron chi connectivity index (χ4n) is 2.07. The highest BCUT2D eigenvalue weighted by Gasteiger charge is 2.20. The van der Waals surface area contributed by atoms with Crippen LogP contribution in [0.25, 0.3) is 0 Å². The molecular weight excluding hydrogens is 212 g/mol. The van der Waals surface area contributed by atoms with Gasteiger partial charge in [0.25, 0.3) is 0 Å². The van der Waals surface area contributed by atoms with Gasteiger partial charge in [0.1, 0.15) is 11.9 Å². The van der Waals surface area contributed by atoms with Crippen molar-refractivity contribution in [2.75, 3.05) is 31.5 Å². The van der Waals surface area contributed by atoms with Crippen LogP contribution in [-0.2, 0) is 0 Å². The van der Waals surface area contributed by atoms with Gasteiger partial charge in [-0.05, 0) is 18.7 Å². The number of anilines is 1. The van der Waals surface area contributed by atoms with Crippen LogP contribution in [0.15, 0.2) is 36.9 Å². The highest BCUT2D eigenvalue weighted by atomic mass is 16.5. The number of nitrogens with one attached hydrogen (secondary N) is 1. The van der Waals surface area contributed by atoms with Gasteiger partial charge in [-0.1, -0.05) is 25.1 Å². The number of ether oxygens (including phenoxy) is 1. The monoisotopic (exact) mass is 232 g/mol. The second-order valence-electron chi connectivity index (χ2n) is 4.26. The minimum Gasteiger partial charge on any atom is -0.485 e. The molecule has 17 heavy (non-hydrogen) atoms. The van der Waals surface area contributed by atoms with E-state index in [4.69, 9.17) is 4.74 Å². The van der Waals surface area contributed by atoms with Crippen LogP contribution < -0.4 is 10.1 Å². The van der Waals surface area contributed by atoms with E-state index in [0.717, 1.165) is 37.6 Å². The lowest BCUT2D eigenvalue weighted by Crippen LogP contribution is -2.41. The molecule has 0 saturated carbocycles. The Morgan fingerprint density at radius 1 is 1.53 bits per heavy atom. The molecule has 1 aliphatic rings. The average Bonchev–Trinajstić information content (AvgIpc) is 2.38. The zero-order chi connectivity index (χ0) is 12.1. The second-order valence-corrected chi connectivity index (χ2v) is 4.26. The van der Waals surface area contributed by atoms with E-state index in [9.17, 15) is 0 Å². The van der Waals surface area contributed by atoms with Gasteiger partial charge < -0.3 is 10.1 Å². The predicted molar refractivity (Wildman–Crippen MR) is 71.7 cm³/mol. The van der Waals surface area contributed by atoms with Crippen molar-refractivity contribution in [1.29, 1.82) is 0 Å². The van der Waals surface area contributed by atoms with Gasteiger partial charge in [0, 0.05) is 13.1 Å². The largest absolute Gasteiger partial charge is 0.485 e. The molecule has 0 radical (unpaired) electrons. The van der Waals surface area contributed by atoms with Crippen LogP contribution in [0, 0.1) is 0 Å². The van der Waals surface area contributed by atoms with Crippen LogP contribution in [0.5, 0.6) is 5.75 Å². The van der Waals surface area contributed by atoms with E-state index in [0.29, 0.717) is 0 Å². The Kier molecular flexibility index (Phi) is 4.04. The minimum absolute atomic E-state index is 0.213. The van der Waals surface area contributed by atoms with E-state index in [1.807, 2.05) is 30.3 Å². The van der Waals surface area contributed by atoms with Crippen LogP contribution in [0.3, 0.4) is 0 Å². The SMILES string of the molecule is C=CCN(CC)CC1CNc2ccccc2O1. The quantitative estimate of drug-likeness (QED) is 0.789. The Bertz CT molecular complexity index is 378. The van der Waals surface area contributed by atoms with E-state index in [2.05, 4.69) is 23.7 Å². The van der Waals surface area contributed by atoms with Crippen molar-refractivity contribution in [3.8, 4) is 5.75 Å². The third-order valence-electron chi connectivity index (χ3n) is 3.00. The number of nitrogens with zero attached hydrogens (tertiary/aromatic N) is 1. The standard InChI is InChI=1S/C14H20N2O/c1-3-9-16(4-2)11-12-10-15-13-7-5-6-8-14(13)17-12/h3,5-8,12,15H,1,4,9-11H2,2H3. The summed E-state index contributed by atoms with van der Waals surface area (Å²) in [7, 11) is 0. The molecule has 0 aliphatic carbocycles. The van der Waals surface area contributed by atoms with Crippen LogP contribution >= 0.6 is 0 Å². The lowest BCUT2D eigenvalue weighted by Gasteiger charge is -2.31. The Balaban J connectivity index is 1.95. The number of para-hydroxylation sites is 2. The number of hydrogen-bond acceptors (Lipinski definition) is 3. The number of fused-ring (bicyclic) bond motifs is 1. The zero-order valence-corrected chi connectivity index (χ0v) is 10.4. The Morgan fingerprint density at radius 2 is 2.35 bits per heavy atom. The predicted octanol–water partition coefficient (Wildman–Crippen LogP) is 2.37. The summed E-state index contributed by atoms with van der Waals surface area (Å²) in [5.74, 6) is 0.957. The molecule has 1 unspecified atom stereocenters. The summed E-state index contributed by atoms with van der Waals surface area (Å²) in [6.07, 6.45) is 2.15. The molecule has 0 saturated heterocycles. The molecule has 0 fully saturated rings. The second kappa shape index (κ2) is 5.73. The van der Waals surface area contributed by atoms with Crippen LogP contribution in [0.1, 0.15) is 6.92 Å². The number of benzene rings is 1. The molecule has 1 N–H and O–H groups in total. The van der Waals surface area contributed by atoms with Crippen molar-refractivity contribution >= 4 is 5.69 Å². The van der Waals surface area contributed by atoms with Gasteiger partial charge in [-0.3, -0.25) is 4.90 Å². The van der Waals surface area contributed by atoms with E-state index in [1.54, 1.807) is 0 Å². The van der Waals surface area contributed by atoms with Crippen molar-refractivity contribution in [1.82, 2.24) is 4.90 Å². The van der Waals surface area contributed by atoms with Crippen molar-refractivity contribution in [2.45, 2.75) is 13.0 Å². The van der Waals surface area contributed by atoms with Crippen LogP contribution in [-0.4, -0.2) is 37.2 Å². The maximum absolute atomic E-state index is 5.97.